The molecule has 0 unspecified atom stereocenters. The SMILES string of the molecule is COc1ccc(C2(NCC(=O)Nc3cc(-n4nnnc4C)ccc3F)CCOCC2)cc1. The number of halogens is 1. The van der Waals surface area contributed by atoms with Crippen LogP contribution in [0.1, 0.15) is 24.2 Å². The van der Waals surface area contributed by atoms with Gasteiger partial charge in [-0.1, -0.05) is 12.1 Å². The van der Waals surface area contributed by atoms with E-state index >= 15 is 0 Å². The second kappa shape index (κ2) is 9.41. The maximum atomic E-state index is 14.4. The summed E-state index contributed by atoms with van der Waals surface area (Å²) in [6, 6.07) is 12.1. The number of aryl methyl sites for hydroxylation is 1. The molecule has 1 aromatic heterocycles. The number of nitrogens with zero attached hydrogens (tertiary/aromatic N) is 4. The van der Waals surface area contributed by atoms with Crippen molar-refractivity contribution in [3.63, 3.8) is 0 Å². The minimum absolute atomic E-state index is 0.0135. The highest BCUT2D eigenvalue weighted by Crippen LogP contribution is 2.33. The average molecular weight is 440 g/mol. The van der Waals surface area contributed by atoms with Crippen LogP contribution >= 0.6 is 0 Å². The molecule has 2 heterocycles. The number of ether oxygens (including phenoxy) is 2. The second-order valence-electron chi connectivity index (χ2n) is 7.63. The van der Waals surface area contributed by atoms with Gasteiger partial charge in [-0.3, -0.25) is 10.1 Å². The summed E-state index contributed by atoms with van der Waals surface area (Å²) in [5, 5.41) is 17.3. The normalized spacial score (nSPS) is 15.3. The van der Waals surface area contributed by atoms with E-state index in [2.05, 4.69) is 26.2 Å². The van der Waals surface area contributed by atoms with E-state index in [0.717, 1.165) is 24.2 Å². The molecule has 9 nitrogen and oxygen atoms in total. The summed E-state index contributed by atoms with van der Waals surface area (Å²) in [7, 11) is 1.62. The Morgan fingerprint density at radius 1 is 1.22 bits per heavy atom. The Labute approximate surface area is 184 Å². The Morgan fingerprint density at radius 2 is 1.97 bits per heavy atom. The van der Waals surface area contributed by atoms with Crippen molar-refractivity contribution in [2.75, 3.05) is 32.2 Å². The molecule has 10 heteroatoms. The van der Waals surface area contributed by atoms with E-state index in [1.165, 1.54) is 16.8 Å². The number of hydrogen-bond acceptors (Lipinski definition) is 7. The lowest BCUT2D eigenvalue weighted by Crippen LogP contribution is -2.49. The van der Waals surface area contributed by atoms with E-state index in [0.29, 0.717) is 24.7 Å². The smallest absolute Gasteiger partial charge is 0.238 e. The predicted octanol–water partition coefficient (Wildman–Crippen LogP) is 2.35. The van der Waals surface area contributed by atoms with Gasteiger partial charge in [0.1, 0.15) is 11.6 Å². The van der Waals surface area contributed by atoms with Crippen LogP contribution < -0.4 is 15.4 Å². The molecule has 0 bridgehead atoms. The van der Waals surface area contributed by atoms with Crippen LogP contribution in [0, 0.1) is 12.7 Å². The van der Waals surface area contributed by atoms with Gasteiger partial charge in [-0.25, -0.2) is 4.39 Å². The standard InChI is InChI=1S/C22H25FN6O3/c1-15-26-27-28-29(15)17-5-8-19(23)20(13-17)25-21(30)14-24-22(9-11-32-12-10-22)16-3-6-18(31-2)7-4-16/h3-8,13,24H,9-12,14H2,1-2H3,(H,25,30). The van der Waals surface area contributed by atoms with Crippen molar-refractivity contribution in [3.05, 3.63) is 59.7 Å². The molecule has 32 heavy (non-hydrogen) atoms. The summed E-state index contributed by atoms with van der Waals surface area (Å²) in [5.74, 6) is 0.427. The number of benzene rings is 2. The molecule has 0 aliphatic carbocycles. The van der Waals surface area contributed by atoms with E-state index in [9.17, 15) is 9.18 Å². The fraction of sp³-hybridized carbons (Fsp3) is 0.364. The summed E-state index contributed by atoms with van der Waals surface area (Å²) < 4.78 is 26.6. The molecule has 0 spiro atoms. The lowest BCUT2D eigenvalue weighted by Gasteiger charge is -2.38. The van der Waals surface area contributed by atoms with Crippen molar-refractivity contribution in [1.29, 1.82) is 0 Å². The van der Waals surface area contributed by atoms with Gasteiger partial charge in [0.25, 0.3) is 0 Å². The molecule has 4 rings (SSSR count). The maximum absolute atomic E-state index is 14.4. The summed E-state index contributed by atoms with van der Waals surface area (Å²) in [6.45, 7) is 2.92. The number of anilines is 1. The van der Waals surface area contributed by atoms with Crippen LogP contribution in [-0.4, -0.2) is 53.0 Å². The van der Waals surface area contributed by atoms with Crippen LogP contribution in [0.3, 0.4) is 0 Å². The molecule has 2 N–H and O–H groups in total. The Bertz CT molecular complexity index is 1080. The molecule has 2 aromatic carbocycles. The van der Waals surface area contributed by atoms with Crippen LogP contribution in [0.15, 0.2) is 42.5 Å². The molecular weight excluding hydrogens is 415 g/mol. The third kappa shape index (κ3) is 4.61. The van der Waals surface area contributed by atoms with Gasteiger partial charge in [-0.05, 0) is 66.1 Å². The zero-order valence-electron chi connectivity index (χ0n) is 18.0. The largest absolute Gasteiger partial charge is 0.497 e. The lowest BCUT2D eigenvalue weighted by atomic mass is 9.82. The highest BCUT2D eigenvalue weighted by Gasteiger charge is 2.34. The van der Waals surface area contributed by atoms with E-state index in [1.54, 1.807) is 20.1 Å². The van der Waals surface area contributed by atoms with Crippen LogP contribution in [0.2, 0.25) is 0 Å². The summed E-state index contributed by atoms with van der Waals surface area (Å²) in [6.07, 6.45) is 1.43. The summed E-state index contributed by atoms with van der Waals surface area (Å²) >= 11 is 0. The van der Waals surface area contributed by atoms with Crippen molar-refractivity contribution in [2.45, 2.75) is 25.3 Å². The molecule has 1 fully saturated rings. The number of hydrogen-bond donors (Lipinski definition) is 2. The first-order chi connectivity index (χ1) is 15.5. The van der Waals surface area contributed by atoms with E-state index in [-0.39, 0.29) is 18.1 Å². The predicted molar refractivity (Wildman–Crippen MR) is 115 cm³/mol. The van der Waals surface area contributed by atoms with Crippen molar-refractivity contribution < 1.29 is 18.7 Å². The number of rotatable bonds is 7. The van der Waals surface area contributed by atoms with Crippen molar-refractivity contribution >= 4 is 11.6 Å². The third-order valence-corrected chi connectivity index (χ3v) is 5.67. The topological polar surface area (TPSA) is 103 Å². The molecule has 0 atom stereocenters. The quantitative estimate of drug-likeness (QED) is 0.581. The molecule has 1 saturated heterocycles. The number of amides is 1. The van der Waals surface area contributed by atoms with Crippen LogP contribution in [0.5, 0.6) is 5.75 Å². The van der Waals surface area contributed by atoms with E-state index in [4.69, 9.17) is 9.47 Å². The monoisotopic (exact) mass is 440 g/mol. The number of carbonyl (C=O) groups excluding carboxylic acids is 1. The Kier molecular flexibility index (Phi) is 6.42. The van der Waals surface area contributed by atoms with Gasteiger partial charge in [0, 0.05) is 18.8 Å². The molecule has 3 aromatic rings. The van der Waals surface area contributed by atoms with Gasteiger partial charge < -0.3 is 14.8 Å². The van der Waals surface area contributed by atoms with Gasteiger partial charge in [-0.2, -0.15) is 4.68 Å². The van der Waals surface area contributed by atoms with Gasteiger partial charge in [-0.15, -0.1) is 5.10 Å². The number of aromatic nitrogens is 4. The number of tetrazole rings is 1. The Balaban J connectivity index is 1.47. The van der Waals surface area contributed by atoms with Gasteiger partial charge >= 0.3 is 0 Å². The fourth-order valence-corrected chi connectivity index (χ4v) is 3.85. The van der Waals surface area contributed by atoms with Crippen molar-refractivity contribution in [1.82, 2.24) is 25.5 Å². The first-order valence-electron chi connectivity index (χ1n) is 10.3. The highest BCUT2D eigenvalue weighted by molar-refractivity contribution is 5.92. The van der Waals surface area contributed by atoms with Gasteiger partial charge in [0.15, 0.2) is 5.82 Å². The van der Waals surface area contributed by atoms with Gasteiger partial charge in [0.05, 0.1) is 25.0 Å². The Hall–Kier alpha value is -3.37. The van der Waals surface area contributed by atoms with Crippen molar-refractivity contribution in [2.24, 2.45) is 0 Å². The zero-order chi connectivity index (χ0) is 22.6. The minimum Gasteiger partial charge on any atom is -0.497 e. The first kappa shape index (κ1) is 21.8. The second-order valence-corrected chi connectivity index (χ2v) is 7.63. The molecule has 1 aliphatic heterocycles. The van der Waals surface area contributed by atoms with Gasteiger partial charge in [0.2, 0.25) is 5.91 Å². The van der Waals surface area contributed by atoms with Crippen LogP contribution in [0.25, 0.3) is 5.69 Å². The minimum atomic E-state index is -0.538. The van der Waals surface area contributed by atoms with E-state index < -0.39 is 11.4 Å². The molecule has 0 saturated carbocycles. The molecule has 1 aliphatic rings. The average Bonchev–Trinajstić information content (AvgIpc) is 3.25. The fourth-order valence-electron chi connectivity index (χ4n) is 3.85. The highest BCUT2D eigenvalue weighted by atomic mass is 19.1. The molecular formula is C22H25FN6O3. The van der Waals surface area contributed by atoms with Crippen molar-refractivity contribution in [3.8, 4) is 11.4 Å². The Morgan fingerprint density at radius 3 is 2.62 bits per heavy atom. The van der Waals surface area contributed by atoms with E-state index in [1.807, 2.05) is 24.3 Å². The number of methoxy groups -OCH3 is 1. The first-order valence-corrected chi connectivity index (χ1v) is 10.3. The molecule has 168 valence electrons. The maximum Gasteiger partial charge on any atom is 0.238 e. The summed E-state index contributed by atoms with van der Waals surface area (Å²) in [5.41, 5.74) is 1.26. The number of carbonyl (C=O) groups is 1. The zero-order valence-corrected chi connectivity index (χ0v) is 18.0. The molecule has 0 radical (unpaired) electrons. The van der Waals surface area contributed by atoms with Crippen LogP contribution in [-0.2, 0) is 15.1 Å². The number of nitrogens with one attached hydrogen (secondary N) is 2. The summed E-state index contributed by atoms with van der Waals surface area (Å²) in [4.78, 5) is 12.7. The lowest BCUT2D eigenvalue weighted by molar-refractivity contribution is -0.116. The molecule has 1 amide bonds. The third-order valence-electron chi connectivity index (χ3n) is 5.67. The van der Waals surface area contributed by atoms with Crippen LogP contribution in [0.4, 0.5) is 10.1 Å².